The maximum absolute atomic E-state index is 11.3. The lowest BCUT2D eigenvalue weighted by atomic mass is 10.1. The van der Waals surface area contributed by atoms with Gasteiger partial charge in [-0.15, -0.1) is 0 Å². The van der Waals surface area contributed by atoms with Crippen LogP contribution in [0.2, 0.25) is 0 Å². The van der Waals surface area contributed by atoms with Crippen molar-refractivity contribution < 1.29 is 14.7 Å². The van der Waals surface area contributed by atoms with Gasteiger partial charge in [-0.05, 0) is 17.5 Å². The van der Waals surface area contributed by atoms with E-state index in [1.807, 2.05) is 6.92 Å². The van der Waals surface area contributed by atoms with Crippen molar-refractivity contribution in [1.82, 2.24) is 4.98 Å². The molecule has 4 heteroatoms. The predicted molar refractivity (Wildman–Crippen MR) is 45.1 cm³/mol. The van der Waals surface area contributed by atoms with Crippen LogP contribution in [0.25, 0.3) is 0 Å². The highest BCUT2D eigenvalue weighted by atomic mass is 16.4. The van der Waals surface area contributed by atoms with E-state index in [-0.39, 0.29) is 17.4 Å². The van der Waals surface area contributed by atoms with Crippen molar-refractivity contribution in [2.75, 3.05) is 0 Å². The Hall–Kier alpha value is -1.58. The summed E-state index contributed by atoms with van der Waals surface area (Å²) in [5, 5.41) is 8.67. The number of fused-ring (bicyclic) bond motifs is 1. The van der Waals surface area contributed by atoms with Crippen LogP contribution in [-0.2, 0) is 0 Å². The van der Waals surface area contributed by atoms with Crippen molar-refractivity contribution in [3.63, 3.8) is 0 Å². The van der Waals surface area contributed by atoms with E-state index in [0.717, 1.165) is 5.56 Å². The van der Waals surface area contributed by atoms with Crippen LogP contribution in [-0.4, -0.2) is 21.8 Å². The number of H-pyrrole nitrogens is 1. The second kappa shape index (κ2) is 2.45. The molecule has 1 aliphatic carbocycles. The Bertz CT molecular complexity index is 392. The maximum Gasteiger partial charge on any atom is 0.352 e. The largest absolute Gasteiger partial charge is 0.477 e. The number of nitrogens with one attached hydrogen (secondary N) is 1. The summed E-state index contributed by atoms with van der Waals surface area (Å²) in [5.41, 5.74) is 1.41. The van der Waals surface area contributed by atoms with Crippen LogP contribution in [0.1, 0.15) is 45.8 Å². The van der Waals surface area contributed by atoms with Gasteiger partial charge in [-0.25, -0.2) is 4.79 Å². The third-order valence-corrected chi connectivity index (χ3v) is 2.38. The van der Waals surface area contributed by atoms with Gasteiger partial charge < -0.3 is 10.1 Å². The smallest absolute Gasteiger partial charge is 0.352 e. The Kier molecular flexibility index (Phi) is 1.52. The third kappa shape index (κ3) is 1.06. The lowest BCUT2D eigenvalue weighted by Gasteiger charge is -1.96. The summed E-state index contributed by atoms with van der Waals surface area (Å²) in [6.07, 6.45) is 0.487. The number of aromatic nitrogens is 1. The Morgan fingerprint density at radius 1 is 1.69 bits per heavy atom. The normalized spacial score (nSPS) is 20.4. The van der Waals surface area contributed by atoms with Crippen molar-refractivity contribution in [2.24, 2.45) is 0 Å². The van der Waals surface area contributed by atoms with E-state index >= 15 is 0 Å². The van der Waals surface area contributed by atoms with Crippen molar-refractivity contribution in [2.45, 2.75) is 19.3 Å². The molecule has 0 amide bonds. The van der Waals surface area contributed by atoms with E-state index in [9.17, 15) is 9.59 Å². The lowest BCUT2D eigenvalue weighted by molar-refractivity contribution is 0.0691. The molecule has 1 atom stereocenters. The van der Waals surface area contributed by atoms with Gasteiger partial charge in [0, 0.05) is 6.42 Å². The van der Waals surface area contributed by atoms with Crippen molar-refractivity contribution in [3.05, 3.63) is 23.0 Å². The van der Waals surface area contributed by atoms with Gasteiger partial charge in [-0.1, -0.05) is 6.92 Å². The summed E-state index contributed by atoms with van der Waals surface area (Å²) < 4.78 is 0. The van der Waals surface area contributed by atoms with Crippen LogP contribution in [0.3, 0.4) is 0 Å². The molecular weight excluding hydrogens is 170 g/mol. The summed E-state index contributed by atoms with van der Waals surface area (Å²) in [5.74, 6) is -0.865. The second-order valence-corrected chi connectivity index (χ2v) is 3.35. The topological polar surface area (TPSA) is 70.2 Å². The number of carbonyl (C=O) groups is 2. The van der Waals surface area contributed by atoms with Gasteiger partial charge in [0.25, 0.3) is 0 Å². The predicted octanol–water partition coefficient (Wildman–Crippen LogP) is 1.40. The molecule has 0 bridgehead atoms. The van der Waals surface area contributed by atoms with Gasteiger partial charge in [0.05, 0.1) is 5.69 Å². The molecule has 1 aromatic rings. The first-order valence-electron chi connectivity index (χ1n) is 4.09. The number of Topliss-reactive ketones (excluding diaryl/α,β-unsaturated/α-hetero) is 1. The molecule has 0 aromatic carbocycles. The maximum atomic E-state index is 11.3. The van der Waals surface area contributed by atoms with Gasteiger partial charge in [0.2, 0.25) is 0 Å². The molecule has 68 valence electrons. The first-order valence-corrected chi connectivity index (χ1v) is 4.09. The highest BCUT2D eigenvalue weighted by molar-refractivity contribution is 6.01. The van der Waals surface area contributed by atoms with E-state index in [1.165, 1.54) is 0 Å². The molecule has 1 aliphatic rings. The highest BCUT2D eigenvalue weighted by Crippen LogP contribution is 2.32. The Morgan fingerprint density at radius 3 is 2.92 bits per heavy atom. The van der Waals surface area contributed by atoms with Gasteiger partial charge in [0.15, 0.2) is 5.78 Å². The van der Waals surface area contributed by atoms with Crippen molar-refractivity contribution >= 4 is 11.8 Å². The van der Waals surface area contributed by atoms with Gasteiger partial charge in [0.1, 0.15) is 5.69 Å². The van der Waals surface area contributed by atoms with Gasteiger partial charge in [-0.2, -0.15) is 0 Å². The zero-order valence-corrected chi connectivity index (χ0v) is 7.13. The summed E-state index contributed by atoms with van der Waals surface area (Å²) >= 11 is 0. The van der Waals surface area contributed by atoms with Crippen molar-refractivity contribution in [3.8, 4) is 0 Å². The minimum absolute atomic E-state index is 0.00926. The minimum Gasteiger partial charge on any atom is -0.477 e. The average molecular weight is 179 g/mol. The fourth-order valence-corrected chi connectivity index (χ4v) is 1.70. The van der Waals surface area contributed by atoms with Gasteiger partial charge >= 0.3 is 5.97 Å². The molecule has 2 N–H and O–H groups in total. The van der Waals surface area contributed by atoms with Crippen LogP contribution in [0.5, 0.6) is 0 Å². The van der Waals surface area contributed by atoms with Crippen LogP contribution in [0.4, 0.5) is 0 Å². The number of hydrogen-bond acceptors (Lipinski definition) is 2. The number of carboxylic acid groups (broad SMARTS) is 1. The van der Waals surface area contributed by atoms with E-state index < -0.39 is 5.97 Å². The van der Waals surface area contributed by atoms with Crippen LogP contribution in [0.15, 0.2) is 6.07 Å². The minimum atomic E-state index is -1.02. The molecule has 0 saturated heterocycles. The van der Waals surface area contributed by atoms with Crippen molar-refractivity contribution in [1.29, 1.82) is 0 Å². The molecule has 1 unspecified atom stereocenters. The zero-order chi connectivity index (χ0) is 9.59. The monoisotopic (exact) mass is 179 g/mol. The first-order chi connectivity index (χ1) is 6.09. The van der Waals surface area contributed by atoms with E-state index in [4.69, 9.17) is 5.11 Å². The van der Waals surface area contributed by atoms with E-state index in [1.54, 1.807) is 6.07 Å². The molecule has 0 aliphatic heterocycles. The summed E-state index contributed by atoms with van der Waals surface area (Å²) in [6, 6.07) is 1.55. The molecule has 1 heterocycles. The SMILES string of the molecule is CC1CC(=O)c2[nH]c(C(=O)O)cc21. The van der Waals surface area contributed by atoms with Crippen LogP contribution < -0.4 is 0 Å². The fourth-order valence-electron chi connectivity index (χ4n) is 1.70. The Labute approximate surface area is 74.6 Å². The summed E-state index contributed by atoms with van der Waals surface area (Å²) in [7, 11) is 0. The molecular formula is C9H9NO3. The number of hydrogen-bond donors (Lipinski definition) is 2. The molecule has 0 fully saturated rings. The van der Waals surface area contributed by atoms with E-state index in [0.29, 0.717) is 12.1 Å². The molecule has 13 heavy (non-hydrogen) atoms. The molecule has 1 aromatic heterocycles. The Morgan fingerprint density at radius 2 is 2.38 bits per heavy atom. The molecule has 0 saturated carbocycles. The second-order valence-electron chi connectivity index (χ2n) is 3.35. The Balaban J connectivity index is 2.52. The summed E-state index contributed by atoms with van der Waals surface area (Å²) in [4.78, 5) is 24.5. The van der Waals surface area contributed by atoms with Crippen LogP contribution >= 0.6 is 0 Å². The van der Waals surface area contributed by atoms with E-state index in [2.05, 4.69) is 4.98 Å². The number of rotatable bonds is 1. The average Bonchev–Trinajstić information content (AvgIpc) is 2.55. The van der Waals surface area contributed by atoms with Gasteiger partial charge in [-0.3, -0.25) is 4.79 Å². The fraction of sp³-hybridized carbons (Fsp3) is 0.333. The molecule has 0 spiro atoms. The molecule has 2 rings (SSSR count). The standard InChI is InChI=1S/C9H9NO3/c1-4-2-7(11)8-5(4)3-6(10-8)9(12)13/h3-4,10H,2H2,1H3,(H,12,13). The first kappa shape index (κ1) is 8.04. The summed E-state index contributed by atoms with van der Waals surface area (Å²) in [6.45, 7) is 1.92. The number of aromatic carboxylic acids is 1. The number of carboxylic acids is 1. The third-order valence-electron chi connectivity index (χ3n) is 2.38. The quantitative estimate of drug-likeness (QED) is 0.684. The number of aromatic amines is 1. The zero-order valence-electron chi connectivity index (χ0n) is 7.13. The number of carbonyl (C=O) groups excluding carboxylic acids is 1. The van der Waals surface area contributed by atoms with Crippen LogP contribution in [0, 0.1) is 0 Å². The molecule has 4 nitrogen and oxygen atoms in total. The lowest BCUT2D eigenvalue weighted by Crippen LogP contribution is -2.00. The molecule has 0 radical (unpaired) electrons. The number of ketones is 1. The highest BCUT2D eigenvalue weighted by Gasteiger charge is 2.29.